The van der Waals surface area contributed by atoms with Gasteiger partial charge in [0.2, 0.25) is 0 Å². The summed E-state index contributed by atoms with van der Waals surface area (Å²) in [5.74, 6) is 1.84. The average Bonchev–Trinajstić information content (AvgIpc) is 3.51. The van der Waals surface area contributed by atoms with Crippen molar-refractivity contribution in [1.29, 1.82) is 0 Å². The minimum absolute atomic E-state index is 0.180. The van der Waals surface area contributed by atoms with E-state index in [2.05, 4.69) is 30.3 Å². The predicted molar refractivity (Wildman–Crippen MR) is 130 cm³/mol. The molecule has 7 rings (SSSR count). The van der Waals surface area contributed by atoms with Crippen LogP contribution in [0.25, 0.3) is 27.6 Å². The van der Waals surface area contributed by atoms with Gasteiger partial charge >= 0.3 is 6.01 Å². The summed E-state index contributed by atoms with van der Waals surface area (Å²) in [6.45, 7) is 3.61. The van der Waals surface area contributed by atoms with Gasteiger partial charge < -0.3 is 25.7 Å². The Labute approximate surface area is 199 Å². The van der Waals surface area contributed by atoms with E-state index in [0.29, 0.717) is 28.9 Å². The average molecular weight is 474 g/mol. The number of halogens is 1. The second-order valence-corrected chi connectivity index (χ2v) is 9.52. The van der Waals surface area contributed by atoms with E-state index in [9.17, 15) is 4.39 Å². The van der Waals surface area contributed by atoms with Gasteiger partial charge in [-0.15, -0.1) is 0 Å². The molecule has 1 aliphatic heterocycles. The Kier molecular flexibility index (Phi) is 4.23. The molecule has 0 amide bonds. The lowest BCUT2D eigenvalue weighted by molar-refractivity contribution is 0.194. The third kappa shape index (κ3) is 3.04. The number of hydrogen-bond acceptors (Lipinski definition) is 8. The zero-order chi connectivity index (χ0) is 23.8. The minimum atomic E-state index is -0.327. The van der Waals surface area contributed by atoms with Crippen LogP contribution in [0, 0.1) is 24.6 Å². The Morgan fingerprint density at radius 2 is 2.11 bits per heavy atom. The molecule has 10 nitrogen and oxygen atoms in total. The molecule has 4 aromatic heterocycles. The minimum Gasteiger partial charge on any atom is -0.421 e. The Morgan fingerprint density at radius 3 is 2.91 bits per heavy atom. The van der Waals surface area contributed by atoms with Gasteiger partial charge in [-0.05, 0) is 37.3 Å². The highest BCUT2D eigenvalue weighted by Gasteiger charge is 2.46. The molecule has 0 bridgehead atoms. The molecule has 11 heteroatoms. The number of nitrogens with two attached hydrogens (primary N) is 1. The van der Waals surface area contributed by atoms with Crippen LogP contribution in [0.3, 0.4) is 0 Å². The van der Waals surface area contributed by atoms with Gasteiger partial charge in [0.25, 0.3) is 0 Å². The molecule has 5 heterocycles. The first-order valence-electron chi connectivity index (χ1n) is 11.7. The molecule has 4 N–H and O–H groups in total. The Bertz CT molecular complexity index is 1630. The Hall–Kier alpha value is -3.99. The van der Waals surface area contributed by atoms with Crippen LogP contribution in [0.4, 0.5) is 15.9 Å². The smallest absolute Gasteiger partial charge is 0.326 e. The standard InChI is InChI=1S/C24H24FN9O/c1-11-6-29-34-9-14(7-28-22(11)34)35-24-31-21-19(15-4-13(25)5-18(27-2)20(15)30-21)23(32-24)33-8-12-3-17(26)16(12)10-33/h4-7,9,12,16-17,27H,3,8,10,26H2,1-2H3,(H,30,31,32)/t12?,16?,17-/m1/s1. The highest BCUT2D eigenvalue weighted by atomic mass is 19.1. The first-order valence-corrected chi connectivity index (χ1v) is 11.7. The number of rotatable bonds is 4. The van der Waals surface area contributed by atoms with Gasteiger partial charge in [-0.25, -0.2) is 13.9 Å². The van der Waals surface area contributed by atoms with E-state index in [0.717, 1.165) is 52.8 Å². The summed E-state index contributed by atoms with van der Waals surface area (Å²) < 4.78 is 22.2. The van der Waals surface area contributed by atoms with Gasteiger partial charge in [-0.1, -0.05) is 0 Å². The summed E-state index contributed by atoms with van der Waals surface area (Å²) in [5.41, 5.74) is 10.00. The van der Waals surface area contributed by atoms with Crippen LogP contribution in [-0.4, -0.2) is 55.7 Å². The SMILES string of the molecule is CNc1cc(F)cc2c1[nH]c1nc(Oc3cnc4c(C)cnn4c3)nc(N3CC4C[C@@H](N)C4C3)c12. The van der Waals surface area contributed by atoms with Crippen LogP contribution in [0.1, 0.15) is 12.0 Å². The second kappa shape index (κ2) is 7.25. The van der Waals surface area contributed by atoms with Gasteiger partial charge in [-0.2, -0.15) is 15.1 Å². The van der Waals surface area contributed by atoms with Crippen molar-refractivity contribution >= 4 is 39.1 Å². The first-order chi connectivity index (χ1) is 17.0. The van der Waals surface area contributed by atoms with E-state index < -0.39 is 0 Å². The van der Waals surface area contributed by atoms with Crippen LogP contribution in [0.15, 0.2) is 30.7 Å². The zero-order valence-corrected chi connectivity index (χ0v) is 19.3. The van der Waals surface area contributed by atoms with Gasteiger partial charge in [-0.3, -0.25) is 0 Å². The Balaban J connectivity index is 1.39. The molecule has 5 aromatic rings. The molecular weight excluding hydrogens is 449 g/mol. The van der Waals surface area contributed by atoms with Gasteiger partial charge in [0.15, 0.2) is 11.4 Å². The van der Waals surface area contributed by atoms with Crippen LogP contribution < -0.4 is 20.7 Å². The summed E-state index contributed by atoms with van der Waals surface area (Å²) in [5, 5.41) is 8.87. The molecule has 35 heavy (non-hydrogen) atoms. The van der Waals surface area contributed by atoms with Gasteiger partial charge in [0, 0.05) is 37.1 Å². The fourth-order valence-corrected chi connectivity index (χ4v) is 5.56. The van der Waals surface area contributed by atoms with Crippen molar-refractivity contribution in [2.45, 2.75) is 19.4 Å². The van der Waals surface area contributed by atoms with Crippen LogP contribution >= 0.6 is 0 Å². The number of aromatic nitrogens is 6. The highest BCUT2D eigenvalue weighted by Crippen LogP contribution is 2.44. The van der Waals surface area contributed by atoms with Crippen LogP contribution in [0.2, 0.25) is 0 Å². The summed E-state index contributed by atoms with van der Waals surface area (Å²) >= 11 is 0. The topological polar surface area (TPSA) is 122 Å². The lowest BCUT2D eigenvalue weighted by atomic mass is 9.72. The number of fused-ring (bicyclic) bond motifs is 5. The quantitative estimate of drug-likeness (QED) is 0.364. The first kappa shape index (κ1) is 20.4. The second-order valence-electron chi connectivity index (χ2n) is 9.52. The molecule has 1 saturated heterocycles. The van der Waals surface area contributed by atoms with Crippen molar-refractivity contribution in [3.63, 3.8) is 0 Å². The van der Waals surface area contributed by atoms with E-state index >= 15 is 0 Å². The zero-order valence-electron chi connectivity index (χ0n) is 19.3. The number of H-pyrrole nitrogens is 1. The predicted octanol–water partition coefficient (Wildman–Crippen LogP) is 3.22. The summed E-state index contributed by atoms with van der Waals surface area (Å²) in [6.07, 6.45) is 6.14. The van der Waals surface area contributed by atoms with Crippen molar-refractivity contribution in [2.24, 2.45) is 17.6 Å². The number of hydrogen-bond donors (Lipinski definition) is 3. The van der Waals surface area contributed by atoms with E-state index in [1.807, 2.05) is 6.92 Å². The van der Waals surface area contributed by atoms with E-state index in [1.165, 1.54) is 12.1 Å². The third-order valence-electron chi connectivity index (χ3n) is 7.39. The van der Waals surface area contributed by atoms with E-state index in [4.69, 9.17) is 15.5 Å². The van der Waals surface area contributed by atoms with Gasteiger partial charge in [0.1, 0.15) is 17.3 Å². The van der Waals surface area contributed by atoms with Crippen molar-refractivity contribution in [3.05, 3.63) is 42.1 Å². The maximum atomic E-state index is 14.5. The molecule has 3 atom stereocenters. The van der Waals surface area contributed by atoms with E-state index in [1.54, 1.807) is 30.2 Å². The molecule has 2 aliphatic rings. The summed E-state index contributed by atoms with van der Waals surface area (Å²) in [7, 11) is 1.76. The number of nitrogens with one attached hydrogen (secondary N) is 2. The largest absolute Gasteiger partial charge is 0.421 e. The fourth-order valence-electron chi connectivity index (χ4n) is 5.56. The molecule has 2 unspecified atom stereocenters. The molecule has 178 valence electrons. The van der Waals surface area contributed by atoms with Crippen LogP contribution in [-0.2, 0) is 0 Å². The summed E-state index contributed by atoms with van der Waals surface area (Å²) in [6, 6.07) is 3.38. The number of nitrogens with zero attached hydrogens (tertiary/aromatic N) is 6. The number of aryl methyl sites for hydroxylation is 1. The normalized spacial score (nSPS) is 21.6. The molecule has 1 aromatic carbocycles. The molecule has 2 fully saturated rings. The Morgan fingerprint density at radius 1 is 1.23 bits per heavy atom. The number of anilines is 2. The monoisotopic (exact) mass is 473 g/mol. The fraction of sp³-hybridized carbons (Fsp3) is 0.333. The lowest BCUT2D eigenvalue weighted by Crippen LogP contribution is -2.46. The molecule has 0 spiro atoms. The molecule has 0 radical (unpaired) electrons. The molecule has 1 saturated carbocycles. The number of ether oxygens (including phenoxy) is 1. The van der Waals surface area contributed by atoms with Crippen molar-refractivity contribution in [2.75, 3.05) is 30.4 Å². The number of benzene rings is 1. The number of aromatic amines is 1. The van der Waals surface area contributed by atoms with Crippen molar-refractivity contribution < 1.29 is 9.13 Å². The van der Waals surface area contributed by atoms with Crippen molar-refractivity contribution in [3.8, 4) is 11.8 Å². The third-order valence-corrected chi connectivity index (χ3v) is 7.39. The summed E-state index contributed by atoms with van der Waals surface area (Å²) in [4.78, 5) is 19.5. The lowest BCUT2D eigenvalue weighted by Gasteiger charge is -2.36. The maximum absolute atomic E-state index is 14.5. The van der Waals surface area contributed by atoms with Crippen LogP contribution in [0.5, 0.6) is 11.8 Å². The van der Waals surface area contributed by atoms with E-state index in [-0.39, 0.29) is 17.9 Å². The molecule has 1 aliphatic carbocycles. The maximum Gasteiger partial charge on any atom is 0.326 e. The van der Waals surface area contributed by atoms with Crippen molar-refractivity contribution in [1.82, 2.24) is 29.5 Å². The van der Waals surface area contributed by atoms with Gasteiger partial charge in [0.05, 0.1) is 35.2 Å². The highest BCUT2D eigenvalue weighted by molar-refractivity contribution is 6.14. The molecular formula is C24H24FN9O.